The minimum absolute atomic E-state index is 0.164. The van der Waals surface area contributed by atoms with Gasteiger partial charge in [-0.3, -0.25) is 4.79 Å². The fourth-order valence-electron chi connectivity index (χ4n) is 7.49. The first-order chi connectivity index (χ1) is 27.6. The normalized spacial score (nSPS) is 29.2. The van der Waals surface area contributed by atoms with Crippen molar-refractivity contribution < 1.29 is 64.6 Å². The molecule has 2 aliphatic rings. The van der Waals surface area contributed by atoms with Crippen molar-refractivity contribution in [1.29, 1.82) is 0 Å². The van der Waals surface area contributed by atoms with Crippen molar-refractivity contribution >= 4 is 5.91 Å². The van der Waals surface area contributed by atoms with E-state index in [4.69, 9.17) is 18.9 Å². The van der Waals surface area contributed by atoms with Crippen LogP contribution in [0, 0.1) is 0 Å². The van der Waals surface area contributed by atoms with E-state index < -0.39 is 86.8 Å². The van der Waals surface area contributed by atoms with Crippen LogP contribution in [0.4, 0.5) is 0 Å². The van der Waals surface area contributed by atoms with E-state index in [2.05, 4.69) is 12.2 Å². The number of hydrogen-bond acceptors (Lipinski definition) is 13. The molecular formula is C43H81NO13. The smallest absolute Gasteiger partial charge is 0.220 e. The average Bonchev–Trinajstić information content (AvgIpc) is 3.21. The van der Waals surface area contributed by atoms with Gasteiger partial charge in [-0.1, -0.05) is 154 Å². The third-order valence-corrected chi connectivity index (χ3v) is 11.3. The molecule has 57 heavy (non-hydrogen) atoms. The molecule has 0 aliphatic carbocycles. The van der Waals surface area contributed by atoms with Crippen molar-refractivity contribution in [1.82, 2.24) is 5.32 Å². The Hall–Kier alpha value is -1.27. The molecule has 12 unspecified atom stereocenters. The number of hydrogen-bond donors (Lipinski definition) is 9. The Kier molecular flexibility index (Phi) is 28.7. The van der Waals surface area contributed by atoms with E-state index in [0.717, 1.165) is 19.3 Å². The van der Waals surface area contributed by atoms with E-state index in [1.165, 1.54) is 122 Å². The van der Waals surface area contributed by atoms with Gasteiger partial charge in [0.05, 0.1) is 32.0 Å². The minimum Gasteiger partial charge on any atom is -0.394 e. The maximum atomic E-state index is 12.3. The molecule has 2 rings (SSSR count). The summed E-state index contributed by atoms with van der Waals surface area (Å²) < 4.78 is 22.3. The second-order valence-corrected chi connectivity index (χ2v) is 16.1. The summed E-state index contributed by atoms with van der Waals surface area (Å²) in [4.78, 5) is 12.3. The molecule has 2 heterocycles. The lowest BCUT2D eigenvalue weighted by molar-refractivity contribution is -0.359. The van der Waals surface area contributed by atoms with Crippen LogP contribution in [-0.4, -0.2) is 140 Å². The Morgan fingerprint density at radius 1 is 0.614 bits per heavy atom. The summed E-state index contributed by atoms with van der Waals surface area (Å²) >= 11 is 0. The monoisotopic (exact) mass is 820 g/mol. The topological polar surface area (TPSA) is 228 Å². The SMILES string of the molecule is CCCCCCCCCCCCCCCCCCCCCCC/C=C/C(O)C(COC1OC(CO)C(OC2OC(CO)C(O)C(O)C2O)C(O)C1O)NC(=O)CC. The highest BCUT2D eigenvalue weighted by Crippen LogP contribution is 2.30. The molecule has 0 saturated carbocycles. The zero-order chi connectivity index (χ0) is 41.8. The number of carbonyl (C=O) groups is 1. The number of ether oxygens (including phenoxy) is 4. The van der Waals surface area contributed by atoms with Gasteiger partial charge in [-0.2, -0.15) is 0 Å². The molecule has 0 radical (unpaired) electrons. The molecule has 12 atom stereocenters. The zero-order valence-corrected chi connectivity index (χ0v) is 35.1. The maximum Gasteiger partial charge on any atom is 0.220 e. The van der Waals surface area contributed by atoms with Gasteiger partial charge in [0.25, 0.3) is 0 Å². The predicted molar refractivity (Wildman–Crippen MR) is 217 cm³/mol. The molecule has 0 aromatic rings. The standard InChI is InChI=1S/C43H81NO13/c1-3-5-6-7-8-9-10-11-12-13-14-15-16-17-18-19-20-21-22-23-24-25-26-27-32(47)31(44-35(48)4-2)30-54-42-40(53)38(51)41(34(29-46)56-42)57-43-39(52)37(50)36(49)33(28-45)55-43/h26-27,31-34,36-43,45-47,49-53H,3-25,28-30H2,1-2H3,(H,44,48)/b27-26+. The zero-order valence-electron chi connectivity index (χ0n) is 35.1. The molecule has 14 nitrogen and oxygen atoms in total. The highest BCUT2D eigenvalue weighted by atomic mass is 16.7. The van der Waals surface area contributed by atoms with Crippen molar-refractivity contribution in [3.63, 3.8) is 0 Å². The van der Waals surface area contributed by atoms with E-state index in [1.807, 2.05) is 6.08 Å². The van der Waals surface area contributed by atoms with Gasteiger partial charge >= 0.3 is 0 Å². The fourth-order valence-corrected chi connectivity index (χ4v) is 7.49. The Balaban J connectivity index is 1.62. The number of amides is 1. The van der Waals surface area contributed by atoms with Gasteiger partial charge in [0, 0.05) is 6.42 Å². The van der Waals surface area contributed by atoms with Crippen LogP contribution in [0.3, 0.4) is 0 Å². The summed E-state index contributed by atoms with van der Waals surface area (Å²) in [7, 11) is 0. The average molecular weight is 820 g/mol. The number of allylic oxidation sites excluding steroid dienone is 1. The lowest BCUT2D eigenvalue weighted by atomic mass is 9.97. The summed E-state index contributed by atoms with van der Waals surface area (Å²) in [6.45, 7) is 2.22. The molecule has 0 aromatic carbocycles. The number of aliphatic hydroxyl groups excluding tert-OH is 8. The van der Waals surface area contributed by atoms with Crippen LogP contribution >= 0.6 is 0 Å². The van der Waals surface area contributed by atoms with E-state index in [9.17, 15) is 45.6 Å². The van der Waals surface area contributed by atoms with Crippen molar-refractivity contribution in [3.8, 4) is 0 Å². The molecule has 0 spiro atoms. The Bertz CT molecular complexity index is 1020. The number of aliphatic hydroxyl groups is 8. The number of nitrogens with one attached hydrogen (secondary N) is 1. The van der Waals surface area contributed by atoms with Gasteiger partial charge in [-0.15, -0.1) is 0 Å². The summed E-state index contributed by atoms with van der Waals surface area (Å²) in [6, 6.07) is -0.906. The molecule has 0 aromatic heterocycles. The van der Waals surface area contributed by atoms with Crippen LogP contribution in [-0.2, 0) is 23.7 Å². The third-order valence-electron chi connectivity index (χ3n) is 11.3. The van der Waals surface area contributed by atoms with Gasteiger partial charge in [-0.25, -0.2) is 0 Å². The number of unbranched alkanes of at least 4 members (excludes halogenated alkanes) is 21. The lowest BCUT2D eigenvalue weighted by Gasteiger charge is -2.46. The van der Waals surface area contributed by atoms with Gasteiger partial charge in [-0.05, 0) is 12.8 Å². The molecule has 0 bridgehead atoms. The Morgan fingerprint density at radius 2 is 1.07 bits per heavy atom. The molecule has 14 heteroatoms. The lowest BCUT2D eigenvalue weighted by Crippen LogP contribution is -2.65. The first-order valence-corrected chi connectivity index (χ1v) is 22.4. The molecular weight excluding hydrogens is 738 g/mol. The summed E-state index contributed by atoms with van der Waals surface area (Å²) in [5.74, 6) is -0.327. The van der Waals surface area contributed by atoms with Gasteiger partial charge in [0.2, 0.25) is 5.91 Å². The second-order valence-electron chi connectivity index (χ2n) is 16.1. The summed E-state index contributed by atoms with van der Waals surface area (Å²) in [5, 5.41) is 85.3. The van der Waals surface area contributed by atoms with Crippen LogP contribution in [0.1, 0.15) is 162 Å². The Morgan fingerprint density at radius 3 is 1.54 bits per heavy atom. The van der Waals surface area contributed by atoms with Crippen LogP contribution in [0.25, 0.3) is 0 Å². The molecule has 2 saturated heterocycles. The predicted octanol–water partition coefficient (Wildman–Crippen LogP) is 4.04. The quantitative estimate of drug-likeness (QED) is 0.0337. The molecule has 336 valence electrons. The Labute approximate surface area is 342 Å². The van der Waals surface area contributed by atoms with Gasteiger partial charge in [0.1, 0.15) is 48.8 Å². The molecule has 2 fully saturated rings. The second kappa shape index (κ2) is 31.6. The van der Waals surface area contributed by atoms with E-state index in [0.29, 0.717) is 0 Å². The van der Waals surface area contributed by atoms with Crippen LogP contribution < -0.4 is 5.32 Å². The van der Waals surface area contributed by atoms with E-state index in [-0.39, 0.29) is 18.9 Å². The molecule has 1 amide bonds. The first-order valence-electron chi connectivity index (χ1n) is 22.4. The van der Waals surface area contributed by atoms with Crippen LogP contribution in [0.15, 0.2) is 12.2 Å². The van der Waals surface area contributed by atoms with E-state index >= 15 is 0 Å². The van der Waals surface area contributed by atoms with Crippen molar-refractivity contribution in [2.45, 2.75) is 235 Å². The molecule has 9 N–H and O–H groups in total. The van der Waals surface area contributed by atoms with E-state index in [1.54, 1.807) is 13.0 Å². The third kappa shape index (κ3) is 20.2. The fraction of sp³-hybridized carbons (Fsp3) is 0.930. The largest absolute Gasteiger partial charge is 0.394 e. The van der Waals surface area contributed by atoms with Crippen molar-refractivity contribution in [2.24, 2.45) is 0 Å². The highest BCUT2D eigenvalue weighted by molar-refractivity contribution is 5.75. The van der Waals surface area contributed by atoms with Crippen LogP contribution in [0.5, 0.6) is 0 Å². The highest BCUT2D eigenvalue weighted by Gasteiger charge is 2.50. The number of carbonyl (C=O) groups excluding carboxylic acids is 1. The summed E-state index contributed by atoms with van der Waals surface area (Å²) in [6.07, 6.45) is 15.4. The van der Waals surface area contributed by atoms with Gasteiger partial charge in [0.15, 0.2) is 12.6 Å². The first kappa shape index (κ1) is 51.9. The van der Waals surface area contributed by atoms with Crippen molar-refractivity contribution in [2.75, 3.05) is 19.8 Å². The van der Waals surface area contributed by atoms with Gasteiger partial charge < -0.3 is 65.1 Å². The number of rotatable bonds is 33. The minimum atomic E-state index is -1.78. The maximum absolute atomic E-state index is 12.3. The van der Waals surface area contributed by atoms with Crippen molar-refractivity contribution in [3.05, 3.63) is 12.2 Å². The van der Waals surface area contributed by atoms with Crippen LogP contribution in [0.2, 0.25) is 0 Å². The summed E-state index contributed by atoms with van der Waals surface area (Å²) in [5.41, 5.74) is 0. The molecule has 2 aliphatic heterocycles.